The highest BCUT2D eigenvalue weighted by Gasteiger charge is 2.19. The zero-order chi connectivity index (χ0) is 22.6. The fraction of sp³-hybridized carbons (Fsp3) is 0.217. The number of aromatic nitrogens is 5. The van der Waals surface area contributed by atoms with Crippen LogP contribution in [-0.2, 0) is 9.53 Å². The van der Waals surface area contributed by atoms with Gasteiger partial charge in [-0.05, 0) is 36.8 Å². The highest BCUT2D eigenvalue weighted by molar-refractivity contribution is 5.89. The van der Waals surface area contributed by atoms with Gasteiger partial charge in [0, 0.05) is 37.4 Å². The number of anilines is 4. The molecule has 1 amide bonds. The molecular formula is C23H22N8O2. The van der Waals surface area contributed by atoms with Crippen molar-refractivity contribution in [1.82, 2.24) is 30.2 Å². The summed E-state index contributed by atoms with van der Waals surface area (Å²) >= 11 is 0. The molecule has 1 unspecified atom stereocenters. The minimum Gasteiger partial charge on any atom is -0.369 e. The van der Waals surface area contributed by atoms with E-state index in [-0.39, 0.29) is 6.10 Å². The van der Waals surface area contributed by atoms with Crippen LogP contribution in [0.5, 0.6) is 0 Å². The molecule has 2 N–H and O–H groups in total. The lowest BCUT2D eigenvalue weighted by Crippen LogP contribution is -2.33. The molecule has 1 saturated heterocycles. The minimum absolute atomic E-state index is 0.144. The first-order valence-corrected chi connectivity index (χ1v) is 10.5. The van der Waals surface area contributed by atoms with E-state index < -0.39 is 0 Å². The van der Waals surface area contributed by atoms with Gasteiger partial charge < -0.3 is 15.4 Å². The van der Waals surface area contributed by atoms with Gasteiger partial charge in [0.05, 0.1) is 23.7 Å². The molecule has 33 heavy (non-hydrogen) atoms. The number of rotatable bonds is 6. The molecule has 5 rings (SSSR count). The monoisotopic (exact) mass is 442 g/mol. The summed E-state index contributed by atoms with van der Waals surface area (Å²) in [5.74, 6) is 0.541. The molecule has 4 heterocycles. The van der Waals surface area contributed by atoms with Crippen LogP contribution < -0.4 is 15.5 Å². The van der Waals surface area contributed by atoms with Gasteiger partial charge in [-0.1, -0.05) is 6.07 Å². The Bertz CT molecular complexity index is 1290. The molecule has 1 aromatic carbocycles. The summed E-state index contributed by atoms with van der Waals surface area (Å²) < 4.78 is 5.81. The van der Waals surface area contributed by atoms with Crippen molar-refractivity contribution in [3.8, 4) is 0 Å². The number of hydrogen-bond donors (Lipinski definition) is 2. The predicted molar refractivity (Wildman–Crippen MR) is 124 cm³/mol. The molecule has 0 radical (unpaired) electrons. The van der Waals surface area contributed by atoms with Gasteiger partial charge >= 0.3 is 0 Å². The molecular weight excluding hydrogens is 420 g/mol. The topological polar surface area (TPSA) is 118 Å². The van der Waals surface area contributed by atoms with E-state index in [2.05, 4.69) is 35.6 Å². The number of benzene rings is 1. The van der Waals surface area contributed by atoms with Crippen LogP contribution in [0.4, 0.5) is 22.9 Å². The smallest absolute Gasteiger partial charge is 0.218 e. The number of fused-ring (bicyclic) bond motifs is 1. The van der Waals surface area contributed by atoms with Crippen LogP contribution in [0.25, 0.3) is 11.2 Å². The third-order valence-electron chi connectivity index (χ3n) is 5.43. The van der Waals surface area contributed by atoms with Gasteiger partial charge in [-0.3, -0.25) is 14.7 Å². The largest absolute Gasteiger partial charge is 0.369 e. The molecule has 3 aromatic heterocycles. The van der Waals surface area contributed by atoms with Crippen molar-refractivity contribution in [2.75, 3.05) is 29.9 Å². The number of amides is 1. The van der Waals surface area contributed by atoms with E-state index >= 15 is 0 Å². The maximum Gasteiger partial charge on any atom is 0.218 e. The molecule has 4 aromatic rings. The second-order valence-corrected chi connectivity index (χ2v) is 7.55. The molecule has 0 saturated carbocycles. The summed E-state index contributed by atoms with van der Waals surface area (Å²) in [6.45, 7) is 4.11. The summed E-state index contributed by atoms with van der Waals surface area (Å²) in [4.78, 5) is 35.2. The third-order valence-corrected chi connectivity index (χ3v) is 5.43. The molecule has 1 atom stereocenters. The van der Waals surface area contributed by atoms with Crippen LogP contribution in [0, 0.1) is 6.92 Å². The lowest BCUT2D eigenvalue weighted by molar-refractivity contribution is -0.106. The number of aryl methyl sites for hydroxylation is 1. The second kappa shape index (κ2) is 9.23. The van der Waals surface area contributed by atoms with E-state index in [0.29, 0.717) is 41.5 Å². The molecule has 0 aliphatic carbocycles. The van der Waals surface area contributed by atoms with Crippen molar-refractivity contribution < 1.29 is 9.53 Å². The highest BCUT2D eigenvalue weighted by Crippen LogP contribution is 2.31. The zero-order valence-corrected chi connectivity index (χ0v) is 18.0. The number of carbonyl (C=O) groups excluding carboxylic acids is 1. The number of carbonyl (C=O) groups is 1. The molecule has 10 heteroatoms. The van der Waals surface area contributed by atoms with Crippen LogP contribution in [0.2, 0.25) is 0 Å². The maximum atomic E-state index is 12.1. The van der Waals surface area contributed by atoms with Gasteiger partial charge in [0.25, 0.3) is 0 Å². The van der Waals surface area contributed by atoms with Crippen LogP contribution in [-0.4, -0.2) is 51.0 Å². The standard InChI is InChI=1S/C23H22N8O2/c1-15-2-3-16(10-18(15)30-23-21-22(28-13-29-23)27-7-6-26-21)31(14-32)17-4-5-25-19(11-17)20-12-24-8-9-33-20/h2-7,10-11,13-14,20,24H,8-9,12H2,1H3,(H,27,28,29,30). The first-order chi connectivity index (χ1) is 16.2. The maximum absolute atomic E-state index is 12.1. The summed E-state index contributed by atoms with van der Waals surface area (Å²) in [6.07, 6.45) is 6.97. The lowest BCUT2D eigenvalue weighted by Gasteiger charge is -2.25. The zero-order valence-electron chi connectivity index (χ0n) is 18.0. The summed E-state index contributed by atoms with van der Waals surface area (Å²) in [5, 5.41) is 6.61. The Morgan fingerprint density at radius 2 is 1.94 bits per heavy atom. The molecule has 10 nitrogen and oxygen atoms in total. The van der Waals surface area contributed by atoms with E-state index in [1.807, 2.05) is 31.2 Å². The van der Waals surface area contributed by atoms with Crippen LogP contribution >= 0.6 is 0 Å². The number of pyridine rings is 1. The SMILES string of the molecule is Cc1ccc(N(C=O)c2ccnc(C3CNCCO3)c2)cc1Nc1ncnc2nccnc12. The molecule has 0 bridgehead atoms. The van der Waals surface area contributed by atoms with Crippen LogP contribution in [0.3, 0.4) is 0 Å². The quantitative estimate of drug-likeness (QED) is 0.435. The van der Waals surface area contributed by atoms with Gasteiger partial charge in [-0.15, -0.1) is 0 Å². The van der Waals surface area contributed by atoms with E-state index in [9.17, 15) is 4.79 Å². The van der Waals surface area contributed by atoms with Crippen molar-refractivity contribution in [2.24, 2.45) is 0 Å². The van der Waals surface area contributed by atoms with Gasteiger partial charge in [0.2, 0.25) is 6.41 Å². The van der Waals surface area contributed by atoms with Crippen LogP contribution in [0.1, 0.15) is 17.4 Å². The minimum atomic E-state index is -0.144. The van der Waals surface area contributed by atoms with Gasteiger partial charge in [0.1, 0.15) is 12.4 Å². The molecule has 1 aliphatic rings. The Labute approximate surface area is 190 Å². The molecule has 1 aliphatic heterocycles. The molecule has 1 fully saturated rings. The average Bonchev–Trinajstić information content (AvgIpc) is 2.87. The predicted octanol–water partition coefficient (Wildman–Crippen LogP) is 2.82. The van der Waals surface area contributed by atoms with E-state index in [1.54, 1.807) is 29.6 Å². The fourth-order valence-corrected chi connectivity index (χ4v) is 3.70. The van der Waals surface area contributed by atoms with Crippen molar-refractivity contribution in [2.45, 2.75) is 13.0 Å². The summed E-state index contributed by atoms with van der Waals surface area (Å²) in [5.41, 5.74) is 5.03. The van der Waals surface area contributed by atoms with Crippen LogP contribution in [0.15, 0.2) is 55.2 Å². The van der Waals surface area contributed by atoms with E-state index in [0.717, 1.165) is 29.9 Å². The van der Waals surface area contributed by atoms with Gasteiger partial charge in [0.15, 0.2) is 17.0 Å². The van der Waals surface area contributed by atoms with Crippen molar-refractivity contribution in [3.05, 3.63) is 66.5 Å². The Morgan fingerprint density at radius 3 is 2.79 bits per heavy atom. The fourth-order valence-electron chi connectivity index (χ4n) is 3.70. The highest BCUT2D eigenvalue weighted by atomic mass is 16.5. The number of morpholine rings is 1. The van der Waals surface area contributed by atoms with Crippen molar-refractivity contribution in [3.63, 3.8) is 0 Å². The lowest BCUT2D eigenvalue weighted by atomic mass is 10.1. The Balaban J connectivity index is 1.47. The summed E-state index contributed by atoms with van der Waals surface area (Å²) in [6, 6.07) is 9.42. The number of hydrogen-bond acceptors (Lipinski definition) is 9. The number of nitrogens with zero attached hydrogens (tertiary/aromatic N) is 6. The molecule has 0 spiro atoms. The van der Waals surface area contributed by atoms with E-state index in [4.69, 9.17) is 4.74 Å². The first-order valence-electron chi connectivity index (χ1n) is 10.5. The first kappa shape index (κ1) is 20.9. The molecule has 166 valence electrons. The number of nitrogens with one attached hydrogen (secondary N) is 2. The Kier molecular flexibility index (Phi) is 5.83. The van der Waals surface area contributed by atoms with Crippen molar-refractivity contribution in [1.29, 1.82) is 0 Å². The van der Waals surface area contributed by atoms with E-state index in [1.165, 1.54) is 6.33 Å². The number of ether oxygens (including phenoxy) is 1. The van der Waals surface area contributed by atoms with Gasteiger partial charge in [-0.2, -0.15) is 0 Å². The normalized spacial score (nSPS) is 15.8. The third kappa shape index (κ3) is 4.34. The Morgan fingerprint density at radius 1 is 1.06 bits per heavy atom. The average molecular weight is 442 g/mol. The van der Waals surface area contributed by atoms with Crippen molar-refractivity contribution >= 4 is 40.5 Å². The Hall–Kier alpha value is -4.02. The second-order valence-electron chi connectivity index (χ2n) is 7.55. The van der Waals surface area contributed by atoms with Gasteiger partial charge in [-0.25, -0.2) is 19.9 Å². The summed E-state index contributed by atoms with van der Waals surface area (Å²) in [7, 11) is 0.